The summed E-state index contributed by atoms with van der Waals surface area (Å²) in [7, 11) is 0. The number of rotatable bonds is 6. The van der Waals surface area contributed by atoms with Crippen LogP contribution in [0.25, 0.3) is 0 Å². The van der Waals surface area contributed by atoms with Gasteiger partial charge in [-0.2, -0.15) is 0 Å². The van der Waals surface area contributed by atoms with E-state index in [1.165, 1.54) is 31.2 Å². The summed E-state index contributed by atoms with van der Waals surface area (Å²) >= 11 is 1.96. The Bertz CT molecular complexity index is 756. The van der Waals surface area contributed by atoms with Gasteiger partial charge in [-0.25, -0.2) is 14.3 Å². The molecule has 0 heterocycles. The van der Waals surface area contributed by atoms with Gasteiger partial charge in [0.15, 0.2) is 0 Å². The molecule has 0 spiro atoms. The molecule has 0 aliphatic rings. The van der Waals surface area contributed by atoms with Crippen LogP contribution in [0.4, 0.5) is 20.2 Å². The van der Waals surface area contributed by atoms with Crippen LogP contribution in [-0.4, -0.2) is 24.2 Å². The molecule has 5 nitrogen and oxygen atoms in total. The summed E-state index contributed by atoms with van der Waals surface area (Å²) < 4.78 is 29.2. The van der Waals surface area contributed by atoms with Crippen molar-refractivity contribution in [2.24, 2.45) is 0 Å². The zero-order valence-corrected chi connectivity index (χ0v) is 14.9. The molecule has 3 N–H and O–H groups in total. The molecule has 0 aromatic heterocycles. The Morgan fingerprint density at radius 3 is 2.71 bits per heavy atom. The summed E-state index contributed by atoms with van der Waals surface area (Å²) in [4.78, 5) is 16.9. The fourth-order valence-corrected chi connectivity index (χ4v) is 2.39. The summed E-state index contributed by atoms with van der Waals surface area (Å²) in [5.74, 6) is -1.94. The van der Waals surface area contributed by atoms with E-state index in [1.807, 2.05) is 22.6 Å². The quantitative estimate of drug-likeness (QED) is 0.361. The van der Waals surface area contributed by atoms with E-state index in [-0.39, 0.29) is 30.2 Å². The van der Waals surface area contributed by atoms with Crippen LogP contribution in [0.15, 0.2) is 30.3 Å². The molecule has 24 heavy (non-hydrogen) atoms. The van der Waals surface area contributed by atoms with Crippen molar-refractivity contribution < 1.29 is 23.5 Å². The van der Waals surface area contributed by atoms with Gasteiger partial charge in [-0.3, -0.25) is 9.63 Å². The average Bonchev–Trinajstić information content (AvgIpc) is 2.54. The Labute approximate surface area is 151 Å². The predicted molar refractivity (Wildman–Crippen MR) is 94.0 cm³/mol. The van der Waals surface area contributed by atoms with Gasteiger partial charge in [0.25, 0.3) is 5.91 Å². The number of nitrogens with one attached hydrogen (secondary N) is 2. The molecule has 2 rings (SSSR count). The molecule has 0 atom stereocenters. The van der Waals surface area contributed by atoms with E-state index >= 15 is 0 Å². The predicted octanol–water partition coefficient (Wildman–Crippen LogP) is 3.28. The fraction of sp³-hybridized carbons (Fsp3) is 0.188. The van der Waals surface area contributed by atoms with Gasteiger partial charge in [-0.1, -0.05) is 6.07 Å². The first-order chi connectivity index (χ1) is 11.4. The molecule has 0 aliphatic carbocycles. The van der Waals surface area contributed by atoms with Gasteiger partial charge >= 0.3 is 0 Å². The lowest BCUT2D eigenvalue weighted by Crippen LogP contribution is -2.26. The number of benzene rings is 2. The first-order valence-electron chi connectivity index (χ1n) is 6.98. The normalized spacial score (nSPS) is 10.5. The summed E-state index contributed by atoms with van der Waals surface area (Å²) in [6.07, 6.45) is 0. The van der Waals surface area contributed by atoms with E-state index in [4.69, 9.17) is 9.94 Å². The van der Waals surface area contributed by atoms with E-state index in [9.17, 15) is 13.6 Å². The van der Waals surface area contributed by atoms with Crippen molar-refractivity contribution in [1.29, 1.82) is 0 Å². The largest absolute Gasteiger partial charge is 0.394 e. The maximum atomic E-state index is 14.5. The van der Waals surface area contributed by atoms with Crippen molar-refractivity contribution in [3.63, 3.8) is 0 Å². The third-order valence-electron chi connectivity index (χ3n) is 3.13. The van der Waals surface area contributed by atoms with Crippen molar-refractivity contribution in [1.82, 2.24) is 5.48 Å². The molecule has 0 saturated heterocycles. The van der Waals surface area contributed by atoms with Gasteiger partial charge in [-0.05, 0) is 59.3 Å². The molecule has 0 bridgehead atoms. The molecule has 8 heteroatoms. The second kappa shape index (κ2) is 8.36. The first kappa shape index (κ1) is 18.6. The smallest absolute Gasteiger partial charge is 0.277 e. The Morgan fingerprint density at radius 1 is 1.29 bits per heavy atom. The highest BCUT2D eigenvalue weighted by Crippen LogP contribution is 2.28. The van der Waals surface area contributed by atoms with Gasteiger partial charge in [0.2, 0.25) is 0 Å². The lowest BCUT2D eigenvalue weighted by Gasteiger charge is -2.15. The fourth-order valence-electron chi connectivity index (χ4n) is 1.93. The number of aliphatic hydroxyl groups excluding tert-OH is 1. The number of aliphatic hydroxyl groups is 1. The Kier molecular flexibility index (Phi) is 6.46. The van der Waals surface area contributed by atoms with Crippen LogP contribution in [0.2, 0.25) is 0 Å². The number of carbonyl (C=O) groups is 1. The van der Waals surface area contributed by atoms with Crippen molar-refractivity contribution >= 4 is 39.9 Å². The number of carbonyl (C=O) groups excluding carboxylic acids is 1. The van der Waals surface area contributed by atoms with Gasteiger partial charge in [0, 0.05) is 3.57 Å². The van der Waals surface area contributed by atoms with Crippen LogP contribution in [0.1, 0.15) is 15.9 Å². The second-order valence-electron chi connectivity index (χ2n) is 4.87. The van der Waals surface area contributed by atoms with E-state index in [0.717, 1.165) is 0 Å². The molecule has 0 saturated carbocycles. The van der Waals surface area contributed by atoms with Crippen LogP contribution < -0.4 is 10.8 Å². The van der Waals surface area contributed by atoms with Crippen molar-refractivity contribution in [3.05, 3.63) is 56.7 Å². The maximum absolute atomic E-state index is 14.5. The highest BCUT2D eigenvalue weighted by Gasteiger charge is 2.18. The minimum atomic E-state index is -0.712. The highest BCUT2D eigenvalue weighted by atomic mass is 127. The van der Waals surface area contributed by atoms with Gasteiger partial charge in [0.05, 0.1) is 30.2 Å². The highest BCUT2D eigenvalue weighted by molar-refractivity contribution is 14.1. The summed E-state index contributed by atoms with van der Waals surface area (Å²) in [6.45, 7) is 1.16. The molecule has 0 aliphatic heterocycles. The molecular formula is C16H15F2IN2O3. The molecule has 2 aromatic rings. The Balaban J connectivity index is 2.36. The van der Waals surface area contributed by atoms with E-state index in [2.05, 4.69) is 10.8 Å². The summed E-state index contributed by atoms with van der Waals surface area (Å²) in [6, 6.07) is 7.25. The number of amides is 1. The lowest BCUT2D eigenvalue weighted by atomic mass is 10.1. The number of halogens is 3. The molecule has 0 radical (unpaired) electrons. The van der Waals surface area contributed by atoms with Crippen LogP contribution in [0.3, 0.4) is 0 Å². The Morgan fingerprint density at radius 2 is 2.04 bits per heavy atom. The number of hydroxylamine groups is 1. The molecule has 0 unspecified atom stereocenters. The van der Waals surface area contributed by atoms with Crippen LogP contribution in [0, 0.1) is 22.1 Å². The van der Waals surface area contributed by atoms with E-state index in [1.54, 1.807) is 6.07 Å². The maximum Gasteiger partial charge on any atom is 0.277 e. The number of aryl methyl sites for hydroxylation is 1. The van der Waals surface area contributed by atoms with Crippen molar-refractivity contribution in [3.8, 4) is 0 Å². The first-order valence-corrected chi connectivity index (χ1v) is 8.06. The topological polar surface area (TPSA) is 70.6 Å². The number of anilines is 2. The van der Waals surface area contributed by atoms with E-state index < -0.39 is 17.5 Å². The van der Waals surface area contributed by atoms with Gasteiger partial charge < -0.3 is 10.4 Å². The number of hydrogen-bond acceptors (Lipinski definition) is 4. The van der Waals surface area contributed by atoms with Crippen LogP contribution in [0.5, 0.6) is 0 Å². The average molecular weight is 448 g/mol. The number of hydrogen-bond donors (Lipinski definition) is 3. The van der Waals surface area contributed by atoms with Crippen LogP contribution >= 0.6 is 22.6 Å². The molecule has 1 amide bonds. The van der Waals surface area contributed by atoms with Gasteiger partial charge in [0.1, 0.15) is 11.6 Å². The second-order valence-corrected chi connectivity index (χ2v) is 6.12. The monoisotopic (exact) mass is 448 g/mol. The SMILES string of the molecule is Cc1ccc(C(=O)NOCCO)c(Nc2ccc(I)cc2F)c1F. The van der Waals surface area contributed by atoms with Crippen molar-refractivity contribution in [2.75, 3.05) is 18.5 Å². The minimum absolute atomic E-state index is 0.0465. The molecule has 0 fully saturated rings. The third kappa shape index (κ3) is 4.40. The summed E-state index contributed by atoms with van der Waals surface area (Å²) in [5, 5.41) is 11.3. The molecule has 2 aromatic carbocycles. The zero-order chi connectivity index (χ0) is 17.7. The minimum Gasteiger partial charge on any atom is -0.394 e. The zero-order valence-electron chi connectivity index (χ0n) is 12.7. The van der Waals surface area contributed by atoms with Crippen LogP contribution in [-0.2, 0) is 4.84 Å². The standard InChI is InChI=1S/C16H15F2IN2O3/c1-9-2-4-11(16(23)21-24-7-6-22)15(14(9)18)20-13-5-3-10(19)8-12(13)17/h2-5,8,20,22H,6-7H2,1H3,(H,21,23). The van der Waals surface area contributed by atoms with Gasteiger partial charge in [-0.15, -0.1) is 0 Å². The summed E-state index contributed by atoms with van der Waals surface area (Å²) in [5.41, 5.74) is 2.24. The van der Waals surface area contributed by atoms with E-state index in [0.29, 0.717) is 9.13 Å². The Hall–Kier alpha value is -1.78. The van der Waals surface area contributed by atoms with Crippen molar-refractivity contribution in [2.45, 2.75) is 6.92 Å². The molecule has 128 valence electrons. The third-order valence-corrected chi connectivity index (χ3v) is 3.80. The lowest BCUT2D eigenvalue weighted by molar-refractivity contribution is 0.0168. The molecular weight excluding hydrogens is 433 g/mol.